The second-order valence-corrected chi connectivity index (χ2v) is 3.54. The zero-order valence-electron chi connectivity index (χ0n) is 8.80. The fourth-order valence-corrected chi connectivity index (χ4v) is 1.69. The SMILES string of the molecule is C.CCC(C)C1=C2OCCOC2=[C-]C1.[Y]. The average Bonchev–Trinajstić information content (AvgIpc) is 2.60. The zero-order valence-corrected chi connectivity index (χ0v) is 11.6. The van der Waals surface area contributed by atoms with Crippen molar-refractivity contribution in [1.82, 2.24) is 0 Å². The molecule has 0 aromatic carbocycles. The molecule has 1 unspecified atom stereocenters. The van der Waals surface area contributed by atoms with Crippen LogP contribution in [-0.4, -0.2) is 13.2 Å². The van der Waals surface area contributed by atoms with Gasteiger partial charge in [-0.25, -0.2) is 6.08 Å². The second kappa shape index (κ2) is 6.70. The topological polar surface area (TPSA) is 18.5 Å². The molecule has 1 aliphatic heterocycles. The standard InChI is InChI=1S/C11H15O2.CH4.Y/c1-3-8(2)9-4-5-10-11(9)13-7-6-12-10;;/h8H,3-4,6-7H2,1-2H3;1H4;/q-1;;. The number of ether oxygens (including phenoxy) is 2. The molecule has 1 saturated heterocycles. The van der Waals surface area contributed by atoms with Crippen molar-refractivity contribution in [2.45, 2.75) is 34.1 Å². The number of rotatable bonds is 2. The molecule has 0 spiro atoms. The van der Waals surface area contributed by atoms with Gasteiger partial charge in [0.25, 0.3) is 0 Å². The fourth-order valence-electron chi connectivity index (χ4n) is 1.69. The van der Waals surface area contributed by atoms with Crippen LogP contribution in [0.25, 0.3) is 0 Å². The normalized spacial score (nSPS) is 20.0. The molecule has 1 fully saturated rings. The van der Waals surface area contributed by atoms with E-state index in [4.69, 9.17) is 9.47 Å². The van der Waals surface area contributed by atoms with E-state index in [9.17, 15) is 0 Å². The van der Waals surface area contributed by atoms with Crippen LogP contribution in [0.3, 0.4) is 0 Å². The third-order valence-electron chi connectivity index (χ3n) is 2.72. The van der Waals surface area contributed by atoms with Crippen LogP contribution < -0.4 is 0 Å². The summed E-state index contributed by atoms with van der Waals surface area (Å²) in [7, 11) is 0. The Morgan fingerprint density at radius 2 is 2.00 bits per heavy atom. The van der Waals surface area contributed by atoms with Crippen LogP contribution in [-0.2, 0) is 42.2 Å². The van der Waals surface area contributed by atoms with Gasteiger partial charge >= 0.3 is 0 Å². The van der Waals surface area contributed by atoms with Gasteiger partial charge in [0.2, 0.25) is 0 Å². The Morgan fingerprint density at radius 1 is 1.33 bits per heavy atom. The summed E-state index contributed by atoms with van der Waals surface area (Å²) in [4.78, 5) is 0. The minimum atomic E-state index is 0. The maximum absolute atomic E-state index is 5.59. The first-order valence-corrected chi connectivity index (χ1v) is 4.92. The maximum Gasteiger partial charge on any atom is 0.116 e. The van der Waals surface area contributed by atoms with Gasteiger partial charge in [-0.15, -0.1) is 5.57 Å². The molecule has 2 aliphatic rings. The van der Waals surface area contributed by atoms with Crippen molar-refractivity contribution in [3.63, 3.8) is 0 Å². The molecular weight excluding hydrogens is 265 g/mol. The summed E-state index contributed by atoms with van der Waals surface area (Å²) >= 11 is 0. The smallest absolute Gasteiger partial charge is 0.116 e. The Balaban J connectivity index is 0.000000980. The molecule has 0 saturated carbocycles. The van der Waals surface area contributed by atoms with Gasteiger partial charge in [0.1, 0.15) is 6.61 Å². The van der Waals surface area contributed by atoms with E-state index in [1.54, 1.807) is 0 Å². The van der Waals surface area contributed by atoms with E-state index in [-0.39, 0.29) is 40.1 Å². The predicted molar refractivity (Wildman–Crippen MR) is 56.5 cm³/mol. The summed E-state index contributed by atoms with van der Waals surface area (Å²) in [5, 5.41) is 0. The van der Waals surface area contributed by atoms with Crippen molar-refractivity contribution in [2.75, 3.05) is 13.2 Å². The van der Waals surface area contributed by atoms with E-state index in [1.807, 2.05) is 0 Å². The molecule has 0 aromatic heterocycles. The van der Waals surface area contributed by atoms with E-state index in [2.05, 4.69) is 19.9 Å². The van der Waals surface area contributed by atoms with Crippen molar-refractivity contribution in [3.05, 3.63) is 23.2 Å². The van der Waals surface area contributed by atoms with E-state index >= 15 is 0 Å². The van der Waals surface area contributed by atoms with E-state index in [1.165, 1.54) is 5.57 Å². The largest absolute Gasteiger partial charge is 0.572 e. The number of fused-ring (bicyclic) bond motifs is 1. The Kier molecular flexibility index (Phi) is 6.78. The quantitative estimate of drug-likeness (QED) is 0.726. The Morgan fingerprint density at radius 3 is 2.67 bits per heavy atom. The second-order valence-electron chi connectivity index (χ2n) is 3.54. The molecule has 0 bridgehead atoms. The van der Waals surface area contributed by atoms with Crippen LogP contribution in [0.15, 0.2) is 17.1 Å². The van der Waals surface area contributed by atoms with Gasteiger partial charge in [-0.3, -0.25) is 0 Å². The summed E-state index contributed by atoms with van der Waals surface area (Å²) in [5.41, 5.74) is 1.36. The molecule has 1 heterocycles. The third-order valence-corrected chi connectivity index (χ3v) is 2.72. The van der Waals surface area contributed by atoms with Crippen LogP contribution in [0.4, 0.5) is 0 Å². The van der Waals surface area contributed by atoms with Crippen molar-refractivity contribution < 1.29 is 42.2 Å². The van der Waals surface area contributed by atoms with Crippen LogP contribution >= 0.6 is 0 Å². The summed E-state index contributed by atoms with van der Waals surface area (Å²) in [5.74, 6) is 2.41. The van der Waals surface area contributed by atoms with Gasteiger partial charge in [0.15, 0.2) is 0 Å². The van der Waals surface area contributed by atoms with Gasteiger partial charge in [0, 0.05) is 38.5 Å². The summed E-state index contributed by atoms with van der Waals surface area (Å²) < 4.78 is 11.0. The monoisotopic (exact) mass is 284 g/mol. The Labute approximate surface area is 118 Å². The minimum Gasteiger partial charge on any atom is -0.572 e. The zero-order chi connectivity index (χ0) is 9.26. The molecule has 3 heteroatoms. The summed E-state index contributed by atoms with van der Waals surface area (Å²) in [6.45, 7) is 5.77. The minimum absolute atomic E-state index is 0. The van der Waals surface area contributed by atoms with Crippen LogP contribution in [0, 0.1) is 12.0 Å². The molecule has 2 rings (SSSR count). The van der Waals surface area contributed by atoms with E-state index in [0.29, 0.717) is 19.1 Å². The van der Waals surface area contributed by atoms with Gasteiger partial charge in [0.05, 0.1) is 6.61 Å². The van der Waals surface area contributed by atoms with Crippen LogP contribution in [0.5, 0.6) is 0 Å². The summed E-state index contributed by atoms with van der Waals surface area (Å²) in [6.07, 6.45) is 5.26. The molecule has 0 N–H and O–H groups in total. The molecular formula is C12H19O2Y-. The Hall–Kier alpha value is 0.184. The first kappa shape index (κ1) is 15.2. The maximum atomic E-state index is 5.59. The predicted octanol–water partition coefficient (Wildman–Crippen LogP) is 3.06. The van der Waals surface area contributed by atoms with E-state index in [0.717, 1.165) is 24.4 Å². The number of hydrogen-bond donors (Lipinski definition) is 0. The molecule has 0 amide bonds. The molecule has 1 radical (unpaired) electrons. The van der Waals surface area contributed by atoms with Crippen molar-refractivity contribution in [1.29, 1.82) is 0 Å². The first-order chi connectivity index (χ1) is 6.33. The molecule has 2 nitrogen and oxygen atoms in total. The molecule has 1 aliphatic carbocycles. The van der Waals surface area contributed by atoms with Crippen LogP contribution in [0.1, 0.15) is 34.1 Å². The first-order valence-electron chi connectivity index (χ1n) is 4.92. The number of hydrogen-bond acceptors (Lipinski definition) is 2. The van der Waals surface area contributed by atoms with Crippen molar-refractivity contribution >= 4 is 0 Å². The molecule has 1 atom stereocenters. The summed E-state index contributed by atoms with van der Waals surface area (Å²) in [6, 6.07) is 0. The molecule has 15 heavy (non-hydrogen) atoms. The van der Waals surface area contributed by atoms with Gasteiger partial charge in [-0.2, -0.15) is 0 Å². The van der Waals surface area contributed by atoms with Crippen LogP contribution in [0.2, 0.25) is 0 Å². The third kappa shape index (κ3) is 3.07. The molecule has 83 valence electrons. The van der Waals surface area contributed by atoms with Crippen molar-refractivity contribution in [2.24, 2.45) is 5.92 Å². The fraction of sp³-hybridized carbons (Fsp3) is 0.667. The van der Waals surface area contributed by atoms with Gasteiger partial charge in [-0.1, -0.05) is 34.1 Å². The van der Waals surface area contributed by atoms with Gasteiger partial charge < -0.3 is 9.47 Å². The molecule has 0 aromatic rings. The van der Waals surface area contributed by atoms with E-state index < -0.39 is 0 Å². The average molecular weight is 284 g/mol. The number of allylic oxidation sites excluding steroid dienone is 2. The Bertz CT molecular complexity index is 269. The van der Waals surface area contributed by atoms with Crippen molar-refractivity contribution in [3.8, 4) is 0 Å². The van der Waals surface area contributed by atoms with Gasteiger partial charge in [-0.05, 0) is 11.7 Å².